The molecule has 2 N–H and O–H groups in total. The highest BCUT2D eigenvalue weighted by molar-refractivity contribution is 6.04. The van der Waals surface area contributed by atoms with Gasteiger partial charge in [0.1, 0.15) is 11.2 Å². The van der Waals surface area contributed by atoms with Crippen molar-refractivity contribution in [1.29, 1.82) is 0 Å². The Balaban J connectivity index is 1.76. The zero-order chi connectivity index (χ0) is 14.2. The normalized spacial score (nSPS) is 18.3. The molecule has 1 aromatic heterocycles. The molecule has 1 unspecified atom stereocenters. The van der Waals surface area contributed by atoms with Crippen molar-refractivity contribution in [2.45, 2.75) is 18.9 Å². The van der Waals surface area contributed by atoms with E-state index in [4.69, 9.17) is 4.42 Å². The number of hydrogen-bond acceptors (Lipinski definition) is 3. The largest absolute Gasteiger partial charge is 0.456 e. The average molecular weight is 281 g/mol. The summed E-state index contributed by atoms with van der Waals surface area (Å²) in [4.78, 5) is 0. The summed E-state index contributed by atoms with van der Waals surface area (Å²) in [6, 6.07) is 14.1. The van der Waals surface area contributed by atoms with Gasteiger partial charge in [0.2, 0.25) is 0 Å². The van der Waals surface area contributed by atoms with Crippen LogP contribution < -0.4 is 5.32 Å². The maximum absolute atomic E-state index is 10.7. The van der Waals surface area contributed by atoms with Crippen LogP contribution in [0.1, 0.15) is 24.5 Å². The number of aliphatic hydroxyl groups is 1. The van der Waals surface area contributed by atoms with Crippen molar-refractivity contribution in [2.75, 3.05) is 13.1 Å². The zero-order valence-electron chi connectivity index (χ0n) is 11.9. The van der Waals surface area contributed by atoms with Gasteiger partial charge >= 0.3 is 0 Å². The number of rotatable bonds is 2. The molecule has 3 aromatic rings. The van der Waals surface area contributed by atoms with Gasteiger partial charge in [0.05, 0.1) is 6.10 Å². The monoisotopic (exact) mass is 281 g/mol. The Kier molecular flexibility index (Phi) is 3.17. The van der Waals surface area contributed by atoms with Crippen molar-refractivity contribution in [3.63, 3.8) is 0 Å². The van der Waals surface area contributed by atoms with E-state index in [-0.39, 0.29) is 6.10 Å². The third-order valence-corrected chi connectivity index (χ3v) is 4.57. The maximum atomic E-state index is 10.7. The minimum Gasteiger partial charge on any atom is -0.456 e. The van der Waals surface area contributed by atoms with Crippen LogP contribution >= 0.6 is 0 Å². The van der Waals surface area contributed by atoms with Gasteiger partial charge in [0.15, 0.2) is 0 Å². The number of hydrogen-bond donors (Lipinski definition) is 2. The van der Waals surface area contributed by atoms with Crippen molar-refractivity contribution >= 4 is 21.9 Å². The second-order valence-electron chi connectivity index (χ2n) is 5.89. The number of piperidine rings is 1. The van der Waals surface area contributed by atoms with Crippen LogP contribution in [0.3, 0.4) is 0 Å². The molecule has 0 radical (unpaired) electrons. The van der Waals surface area contributed by atoms with Gasteiger partial charge in [0.25, 0.3) is 0 Å². The minimum absolute atomic E-state index is 0.349. The van der Waals surface area contributed by atoms with Gasteiger partial charge in [-0.15, -0.1) is 0 Å². The smallest absolute Gasteiger partial charge is 0.135 e. The van der Waals surface area contributed by atoms with Crippen LogP contribution in [0.5, 0.6) is 0 Å². The molecule has 3 heteroatoms. The summed E-state index contributed by atoms with van der Waals surface area (Å²) in [5.41, 5.74) is 2.79. The van der Waals surface area contributed by atoms with Gasteiger partial charge in [0, 0.05) is 10.8 Å². The Bertz CT molecular complexity index is 771. The number of aliphatic hydroxyl groups excluding tert-OH is 1. The number of para-hydroxylation sites is 1. The fraction of sp³-hybridized carbons (Fsp3) is 0.333. The molecule has 0 spiro atoms. The Labute approximate surface area is 123 Å². The fourth-order valence-corrected chi connectivity index (χ4v) is 3.36. The summed E-state index contributed by atoms with van der Waals surface area (Å²) in [5.74, 6) is 0.349. The molecule has 1 atom stereocenters. The molecule has 4 rings (SSSR count). The van der Waals surface area contributed by atoms with E-state index < -0.39 is 0 Å². The molecule has 1 aliphatic rings. The van der Waals surface area contributed by atoms with E-state index in [1.54, 1.807) is 0 Å². The molecule has 1 aliphatic heterocycles. The van der Waals surface area contributed by atoms with Crippen molar-refractivity contribution in [1.82, 2.24) is 5.32 Å². The third-order valence-electron chi connectivity index (χ3n) is 4.57. The standard InChI is InChI=1S/C18H19NO2/c20-18(12-7-9-19-10-8-12)13-5-6-17-15(11-13)14-3-1-2-4-16(14)21-17/h1-6,11-12,18-20H,7-10H2. The Morgan fingerprint density at radius 2 is 1.76 bits per heavy atom. The molecule has 0 amide bonds. The summed E-state index contributed by atoms with van der Waals surface area (Å²) in [6.45, 7) is 2.00. The first-order valence-corrected chi connectivity index (χ1v) is 7.63. The average Bonchev–Trinajstić information content (AvgIpc) is 2.93. The van der Waals surface area contributed by atoms with Gasteiger partial charge in [-0.3, -0.25) is 0 Å². The van der Waals surface area contributed by atoms with Crippen LogP contribution in [0.15, 0.2) is 46.9 Å². The molecule has 1 fully saturated rings. The topological polar surface area (TPSA) is 45.4 Å². The first kappa shape index (κ1) is 12.9. The maximum Gasteiger partial charge on any atom is 0.135 e. The van der Waals surface area contributed by atoms with E-state index in [0.717, 1.165) is 53.4 Å². The van der Waals surface area contributed by atoms with E-state index in [2.05, 4.69) is 17.4 Å². The van der Waals surface area contributed by atoms with Crippen molar-refractivity contribution in [3.05, 3.63) is 48.0 Å². The van der Waals surface area contributed by atoms with Gasteiger partial charge in [-0.25, -0.2) is 0 Å². The van der Waals surface area contributed by atoms with Crippen molar-refractivity contribution < 1.29 is 9.52 Å². The second kappa shape index (κ2) is 5.17. The van der Waals surface area contributed by atoms with E-state index in [0.29, 0.717) is 5.92 Å². The van der Waals surface area contributed by atoms with E-state index in [1.165, 1.54) is 0 Å². The Hall–Kier alpha value is -1.84. The van der Waals surface area contributed by atoms with Crippen molar-refractivity contribution in [2.24, 2.45) is 5.92 Å². The number of fused-ring (bicyclic) bond motifs is 3. The van der Waals surface area contributed by atoms with E-state index in [1.807, 2.05) is 30.3 Å². The minimum atomic E-state index is -0.384. The van der Waals surface area contributed by atoms with Gasteiger partial charge < -0.3 is 14.8 Å². The van der Waals surface area contributed by atoms with Crippen molar-refractivity contribution in [3.8, 4) is 0 Å². The van der Waals surface area contributed by atoms with Crippen LogP contribution in [0.2, 0.25) is 0 Å². The van der Waals surface area contributed by atoms with Crippen LogP contribution in [0.4, 0.5) is 0 Å². The first-order chi connectivity index (χ1) is 10.3. The fourth-order valence-electron chi connectivity index (χ4n) is 3.36. The summed E-state index contributed by atoms with van der Waals surface area (Å²) >= 11 is 0. The summed E-state index contributed by atoms with van der Waals surface area (Å²) < 4.78 is 5.84. The molecule has 21 heavy (non-hydrogen) atoms. The van der Waals surface area contributed by atoms with Crippen LogP contribution in [0.25, 0.3) is 21.9 Å². The van der Waals surface area contributed by atoms with Gasteiger partial charge in [-0.2, -0.15) is 0 Å². The molecule has 3 nitrogen and oxygen atoms in total. The molecule has 2 aromatic carbocycles. The van der Waals surface area contributed by atoms with Crippen LogP contribution in [0, 0.1) is 5.92 Å². The quantitative estimate of drug-likeness (QED) is 0.754. The second-order valence-corrected chi connectivity index (χ2v) is 5.89. The van der Waals surface area contributed by atoms with E-state index in [9.17, 15) is 5.11 Å². The summed E-state index contributed by atoms with van der Waals surface area (Å²) in [7, 11) is 0. The van der Waals surface area contributed by atoms with Crippen LogP contribution in [-0.4, -0.2) is 18.2 Å². The SMILES string of the molecule is OC(c1ccc2oc3ccccc3c2c1)C1CCNCC1. The molecule has 0 saturated carbocycles. The molecule has 108 valence electrons. The number of nitrogens with one attached hydrogen (secondary N) is 1. The predicted octanol–water partition coefficient (Wildman–Crippen LogP) is 3.62. The molecule has 1 saturated heterocycles. The molecular weight excluding hydrogens is 262 g/mol. The number of furan rings is 1. The molecule has 0 bridgehead atoms. The van der Waals surface area contributed by atoms with Crippen LogP contribution in [-0.2, 0) is 0 Å². The highest BCUT2D eigenvalue weighted by Crippen LogP contribution is 2.34. The number of benzene rings is 2. The zero-order valence-corrected chi connectivity index (χ0v) is 11.9. The molecule has 0 aliphatic carbocycles. The summed E-state index contributed by atoms with van der Waals surface area (Å²) in [5, 5.41) is 16.2. The Morgan fingerprint density at radius 3 is 2.62 bits per heavy atom. The lowest BCUT2D eigenvalue weighted by atomic mass is 9.88. The predicted molar refractivity (Wildman–Crippen MR) is 84.3 cm³/mol. The molecular formula is C18H19NO2. The van der Waals surface area contributed by atoms with Gasteiger partial charge in [-0.1, -0.05) is 24.3 Å². The lowest BCUT2D eigenvalue weighted by Gasteiger charge is -2.27. The lowest BCUT2D eigenvalue weighted by Crippen LogP contribution is -2.30. The summed E-state index contributed by atoms with van der Waals surface area (Å²) in [6.07, 6.45) is 1.68. The van der Waals surface area contributed by atoms with Gasteiger partial charge in [-0.05, 0) is 55.6 Å². The highest BCUT2D eigenvalue weighted by atomic mass is 16.3. The lowest BCUT2D eigenvalue weighted by molar-refractivity contribution is 0.0890. The molecule has 2 heterocycles. The first-order valence-electron chi connectivity index (χ1n) is 7.63. The highest BCUT2D eigenvalue weighted by Gasteiger charge is 2.23. The third kappa shape index (κ3) is 2.23. The Morgan fingerprint density at radius 1 is 1.00 bits per heavy atom. The van der Waals surface area contributed by atoms with E-state index >= 15 is 0 Å².